The summed E-state index contributed by atoms with van der Waals surface area (Å²) in [6, 6.07) is 14.8. The number of oxazole rings is 1. The first-order valence-corrected chi connectivity index (χ1v) is 8.94. The van der Waals surface area contributed by atoms with E-state index in [2.05, 4.69) is 11.6 Å². The summed E-state index contributed by atoms with van der Waals surface area (Å²) in [7, 11) is 0. The van der Waals surface area contributed by atoms with Gasteiger partial charge in [0.15, 0.2) is 17.8 Å². The van der Waals surface area contributed by atoms with Crippen LogP contribution in [0.15, 0.2) is 65.9 Å². The predicted octanol–water partition coefficient (Wildman–Crippen LogP) is 5.32. The molecule has 0 unspecified atom stereocenters. The van der Waals surface area contributed by atoms with Crippen molar-refractivity contribution in [2.75, 3.05) is 13.2 Å². The van der Waals surface area contributed by atoms with E-state index in [0.717, 1.165) is 0 Å². The average molecular weight is 379 g/mol. The third-order valence-electron chi connectivity index (χ3n) is 3.87. The van der Waals surface area contributed by atoms with Gasteiger partial charge in [-0.1, -0.05) is 24.8 Å². The van der Waals surface area contributed by atoms with Crippen LogP contribution in [0.5, 0.6) is 11.5 Å². The van der Waals surface area contributed by atoms with Crippen molar-refractivity contribution in [2.24, 2.45) is 0 Å². The van der Waals surface area contributed by atoms with Crippen LogP contribution in [0.25, 0.3) is 17.1 Å². The molecule has 0 saturated carbocycles. The zero-order valence-corrected chi connectivity index (χ0v) is 15.8. The van der Waals surface area contributed by atoms with Crippen molar-refractivity contribution in [3.8, 4) is 22.8 Å². The highest BCUT2D eigenvalue weighted by Gasteiger charge is 2.23. The molecule has 28 heavy (non-hydrogen) atoms. The van der Waals surface area contributed by atoms with Crippen molar-refractivity contribution < 1.29 is 23.4 Å². The zero-order valence-electron chi connectivity index (χ0n) is 15.8. The second-order valence-corrected chi connectivity index (χ2v) is 5.73. The highest BCUT2D eigenvalue weighted by molar-refractivity contribution is 5.95. The number of carbonyl (C=O) groups is 1. The summed E-state index contributed by atoms with van der Waals surface area (Å²) < 4.78 is 22.0. The van der Waals surface area contributed by atoms with Crippen LogP contribution in [-0.4, -0.2) is 24.2 Å². The van der Waals surface area contributed by atoms with E-state index in [0.29, 0.717) is 40.8 Å². The predicted molar refractivity (Wildman–Crippen MR) is 105 cm³/mol. The maximum atomic E-state index is 12.2. The maximum absolute atomic E-state index is 12.2. The van der Waals surface area contributed by atoms with Crippen molar-refractivity contribution in [1.82, 2.24) is 4.98 Å². The molecular weight excluding hydrogens is 358 g/mol. The van der Waals surface area contributed by atoms with Crippen LogP contribution in [0.2, 0.25) is 0 Å². The second-order valence-electron chi connectivity index (χ2n) is 5.73. The Labute approximate surface area is 163 Å². The minimum atomic E-state index is -0.552. The molecule has 6 heteroatoms. The molecule has 2 aromatic carbocycles. The van der Waals surface area contributed by atoms with E-state index in [1.807, 2.05) is 37.3 Å². The minimum Gasteiger partial charge on any atom is -0.494 e. The van der Waals surface area contributed by atoms with Gasteiger partial charge in [-0.25, -0.2) is 9.78 Å². The Morgan fingerprint density at radius 1 is 1.04 bits per heavy atom. The van der Waals surface area contributed by atoms with E-state index in [1.165, 1.54) is 6.39 Å². The van der Waals surface area contributed by atoms with Gasteiger partial charge in [0.25, 0.3) is 0 Å². The number of esters is 1. The molecule has 0 bridgehead atoms. The van der Waals surface area contributed by atoms with Gasteiger partial charge in [-0.15, -0.1) is 0 Å². The number of ether oxygens (including phenoxy) is 3. The van der Waals surface area contributed by atoms with Crippen LogP contribution in [0.4, 0.5) is 0 Å². The summed E-state index contributed by atoms with van der Waals surface area (Å²) in [6.07, 6.45) is 1.21. The lowest BCUT2D eigenvalue weighted by Crippen LogP contribution is -2.07. The third-order valence-corrected chi connectivity index (χ3v) is 3.87. The lowest BCUT2D eigenvalue weighted by atomic mass is 10.0. The van der Waals surface area contributed by atoms with Gasteiger partial charge in [-0.2, -0.15) is 0 Å². The molecule has 0 N–H and O–H groups in total. The summed E-state index contributed by atoms with van der Waals surface area (Å²) in [6.45, 7) is 8.28. The number of nitrogens with zero attached hydrogens (tertiary/aromatic N) is 1. The third kappa shape index (κ3) is 4.23. The molecule has 3 rings (SSSR count). The first-order chi connectivity index (χ1) is 13.6. The number of hydrogen-bond donors (Lipinski definition) is 0. The molecule has 0 saturated heterocycles. The highest BCUT2D eigenvalue weighted by Crippen LogP contribution is 2.35. The molecule has 1 heterocycles. The van der Waals surface area contributed by atoms with Crippen LogP contribution >= 0.6 is 0 Å². The average Bonchev–Trinajstić information content (AvgIpc) is 3.19. The van der Waals surface area contributed by atoms with Crippen molar-refractivity contribution >= 4 is 11.7 Å². The van der Waals surface area contributed by atoms with Gasteiger partial charge in [-0.3, -0.25) is 0 Å². The minimum absolute atomic E-state index is 0.101. The Balaban J connectivity index is 2.03. The van der Waals surface area contributed by atoms with Crippen LogP contribution in [0.3, 0.4) is 0 Å². The van der Waals surface area contributed by atoms with Gasteiger partial charge in [0, 0.05) is 11.1 Å². The molecular formula is C22H21NO5. The smallest absolute Gasteiger partial charge is 0.360 e. The second kappa shape index (κ2) is 8.90. The number of carbonyl (C=O) groups excluding carboxylic acids is 1. The van der Waals surface area contributed by atoms with E-state index < -0.39 is 5.97 Å². The van der Waals surface area contributed by atoms with Crippen LogP contribution in [-0.2, 0) is 9.47 Å². The fourth-order valence-electron chi connectivity index (χ4n) is 2.67. The molecule has 144 valence electrons. The van der Waals surface area contributed by atoms with E-state index in [1.54, 1.807) is 25.1 Å². The van der Waals surface area contributed by atoms with Gasteiger partial charge in [0.05, 0.1) is 13.2 Å². The molecule has 0 aliphatic carbocycles. The Bertz CT molecular complexity index is 962. The Morgan fingerprint density at radius 3 is 2.50 bits per heavy atom. The summed E-state index contributed by atoms with van der Waals surface area (Å²) in [5, 5.41) is 0. The summed E-state index contributed by atoms with van der Waals surface area (Å²) in [4.78, 5) is 16.2. The SMILES string of the molecule is C=C(OCC)c1cc(Oc2ccccc2)ccc1-c1ocnc1C(=O)OCC. The molecule has 1 aromatic heterocycles. The Hall–Kier alpha value is -3.54. The number of para-hydroxylation sites is 1. The highest BCUT2D eigenvalue weighted by atomic mass is 16.5. The standard InChI is InChI=1S/C22H21NO5/c1-4-25-15(3)19-13-17(28-16-9-7-6-8-10-16)11-12-18(19)21-20(23-14-27-21)22(24)26-5-2/h6-14H,3-5H2,1-2H3. The van der Waals surface area contributed by atoms with Crippen molar-refractivity contribution in [3.05, 3.63) is 72.8 Å². The molecule has 0 amide bonds. The first-order valence-electron chi connectivity index (χ1n) is 8.94. The fourth-order valence-corrected chi connectivity index (χ4v) is 2.67. The molecule has 0 radical (unpaired) electrons. The van der Waals surface area contributed by atoms with Crippen LogP contribution < -0.4 is 4.74 Å². The molecule has 0 atom stereocenters. The van der Waals surface area contributed by atoms with Crippen LogP contribution in [0.1, 0.15) is 29.9 Å². The summed E-state index contributed by atoms with van der Waals surface area (Å²) in [5.74, 6) is 1.48. The van der Waals surface area contributed by atoms with Crippen molar-refractivity contribution in [2.45, 2.75) is 13.8 Å². The van der Waals surface area contributed by atoms with E-state index in [-0.39, 0.29) is 12.3 Å². The monoisotopic (exact) mass is 379 g/mol. The van der Waals surface area contributed by atoms with Gasteiger partial charge in [-0.05, 0) is 44.2 Å². The van der Waals surface area contributed by atoms with Crippen LogP contribution in [0, 0.1) is 0 Å². The fraction of sp³-hybridized carbons (Fsp3) is 0.182. The molecule has 0 aliphatic heterocycles. The quantitative estimate of drug-likeness (QED) is 0.390. The number of aromatic nitrogens is 1. The molecule has 0 aliphatic rings. The molecule has 0 spiro atoms. The Kier molecular flexibility index (Phi) is 6.11. The number of rotatable bonds is 8. The van der Waals surface area contributed by atoms with Crippen molar-refractivity contribution in [3.63, 3.8) is 0 Å². The normalized spacial score (nSPS) is 10.4. The zero-order chi connectivity index (χ0) is 19.9. The summed E-state index contributed by atoms with van der Waals surface area (Å²) >= 11 is 0. The van der Waals surface area contributed by atoms with E-state index >= 15 is 0 Å². The largest absolute Gasteiger partial charge is 0.494 e. The van der Waals surface area contributed by atoms with E-state index in [9.17, 15) is 4.79 Å². The lowest BCUT2D eigenvalue weighted by Gasteiger charge is -2.14. The number of benzene rings is 2. The molecule has 0 fully saturated rings. The topological polar surface area (TPSA) is 70.8 Å². The van der Waals surface area contributed by atoms with Gasteiger partial charge in [0.2, 0.25) is 0 Å². The van der Waals surface area contributed by atoms with Gasteiger partial charge in [0.1, 0.15) is 17.3 Å². The maximum Gasteiger partial charge on any atom is 0.360 e. The van der Waals surface area contributed by atoms with Gasteiger partial charge >= 0.3 is 5.97 Å². The summed E-state index contributed by atoms with van der Waals surface area (Å²) in [5.41, 5.74) is 1.35. The first kappa shape index (κ1) is 19.2. The number of hydrogen-bond acceptors (Lipinski definition) is 6. The molecule has 6 nitrogen and oxygen atoms in total. The lowest BCUT2D eigenvalue weighted by molar-refractivity contribution is 0.0520. The van der Waals surface area contributed by atoms with E-state index in [4.69, 9.17) is 18.6 Å². The molecule has 3 aromatic rings. The van der Waals surface area contributed by atoms with Crippen molar-refractivity contribution in [1.29, 1.82) is 0 Å². The Morgan fingerprint density at radius 2 is 1.79 bits per heavy atom. The van der Waals surface area contributed by atoms with Gasteiger partial charge < -0.3 is 18.6 Å².